The SMILES string of the molecule is CC/C=C\C/C=C\C/C=C\C/C=C\C/C=C\CCCC(=O)OC[C@H](COC(=O)CCCCCCC/C=C\CCCC)OC(=O)CCCCCCCCCCC/C=C\C/C=C\CCCCC. The second-order valence-electron chi connectivity index (χ2n) is 17.4. The lowest BCUT2D eigenvalue weighted by atomic mass is 10.1. The van der Waals surface area contributed by atoms with E-state index in [1.165, 1.54) is 96.3 Å². The Morgan fingerprint density at radius 2 is 0.631 bits per heavy atom. The third-order valence-electron chi connectivity index (χ3n) is 11.0. The quantitative estimate of drug-likeness (QED) is 0.0262. The molecule has 6 nitrogen and oxygen atoms in total. The largest absolute Gasteiger partial charge is 0.462 e. The maximum absolute atomic E-state index is 12.8. The standard InChI is InChI=1S/C59H98O6/c1-4-7-10-13-16-19-22-24-26-28-29-31-33-35-38-41-44-47-50-53-59(62)65-56(54-63-57(60)51-48-45-42-39-36-21-18-15-12-9-6-3)55-64-58(61)52-49-46-43-40-37-34-32-30-27-25-23-20-17-14-11-8-5-2/h8,11,15-20,24-27,32,34,40,43,56H,4-7,9-10,12-14,21-23,28-31,33,35-39,41-42,44-55H2,1-3H3/b11-8-,18-15-,19-16-,20-17-,26-24-,27-25-,34-32-,43-40-/t56-/m0/s1. The molecule has 0 aliphatic heterocycles. The fraction of sp³-hybridized carbons (Fsp3) is 0.678. The van der Waals surface area contributed by atoms with Crippen molar-refractivity contribution in [1.82, 2.24) is 0 Å². The highest BCUT2D eigenvalue weighted by molar-refractivity contribution is 5.71. The number of hydrogen-bond donors (Lipinski definition) is 0. The van der Waals surface area contributed by atoms with Crippen molar-refractivity contribution < 1.29 is 28.6 Å². The summed E-state index contributed by atoms with van der Waals surface area (Å²) in [6, 6.07) is 0. The first-order valence-electron chi connectivity index (χ1n) is 26.7. The summed E-state index contributed by atoms with van der Waals surface area (Å²) in [6.45, 7) is 6.40. The molecule has 0 aromatic heterocycles. The van der Waals surface area contributed by atoms with Crippen molar-refractivity contribution in [3.8, 4) is 0 Å². The fourth-order valence-electron chi connectivity index (χ4n) is 7.02. The number of ether oxygens (including phenoxy) is 3. The lowest BCUT2D eigenvalue weighted by Gasteiger charge is -2.18. The lowest BCUT2D eigenvalue weighted by Crippen LogP contribution is -2.30. The molecule has 0 aliphatic rings. The van der Waals surface area contributed by atoms with Gasteiger partial charge in [-0.2, -0.15) is 0 Å². The third kappa shape index (κ3) is 51.2. The van der Waals surface area contributed by atoms with Gasteiger partial charge in [0.2, 0.25) is 0 Å². The Morgan fingerprint density at radius 1 is 0.323 bits per heavy atom. The molecule has 0 radical (unpaired) electrons. The van der Waals surface area contributed by atoms with E-state index in [-0.39, 0.29) is 37.5 Å². The van der Waals surface area contributed by atoms with Gasteiger partial charge in [-0.3, -0.25) is 14.4 Å². The van der Waals surface area contributed by atoms with Gasteiger partial charge in [-0.25, -0.2) is 0 Å². The zero-order valence-electron chi connectivity index (χ0n) is 42.2. The molecule has 0 N–H and O–H groups in total. The fourth-order valence-corrected chi connectivity index (χ4v) is 7.02. The van der Waals surface area contributed by atoms with Crippen molar-refractivity contribution in [2.75, 3.05) is 13.2 Å². The third-order valence-corrected chi connectivity index (χ3v) is 11.0. The van der Waals surface area contributed by atoms with E-state index < -0.39 is 6.10 Å². The zero-order chi connectivity index (χ0) is 47.2. The molecule has 0 aromatic rings. The van der Waals surface area contributed by atoms with E-state index in [4.69, 9.17) is 14.2 Å². The minimum Gasteiger partial charge on any atom is -0.462 e. The molecule has 0 fully saturated rings. The normalized spacial score (nSPS) is 12.8. The van der Waals surface area contributed by atoms with Gasteiger partial charge in [0.25, 0.3) is 0 Å². The van der Waals surface area contributed by atoms with E-state index in [0.717, 1.165) is 96.3 Å². The van der Waals surface area contributed by atoms with Gasteiger partial charge in [-0.1, -0.05) is 208 Å². The summed E-state index contributed by atoms with van der Waals surface area (Å²) in [5, 5.41) is 0. The second-order valence-corrected chi connectivity index (χ2v) is 17.4. The molecular formula is C59H98O6. The van der Waals surface area contributed by atoms with Gasteiger partial charge in [0.1, 0.15) is 13.2 Å². The Balaban J connectivity index is 4.46. The van der Waals surface area contributed by atoms with E-state index in [1.54, 1.807) is 0 Å². The van der Waals surface area contributed by atoms with E-state index in [2.05, 4.69) is 118 Å². The number of rotatable bonds is 47. The van der Waals surface area contributed by atoms with Gasteiger partial charge < -0.3 is 14.2 Å². The van der Waals surface area contributed by atoms with Crippen LogP contribution >= 0.6 is 0 Å². The number of hydrogen-bond acceptors (Lipinski definition) is 6. The molecular weight excluding hydrogens is 805 g/mol. The smallest absolute Gasteiger partial charge is 0.306 e. The summed E-state index contributed by atoms with van der Waals surface area (Å²) in [6.07, 6.45) is 69.7. The predicted octanol–water partition coefficient (Wildman–Crippen LogP) is 17.8. The Kier molecular flexibility index (Phi) is 50.0. The molecule has 65 heavy (non-hydrogen) atoms. The van der Waals surface area contributed by atoms with E-state index in [0.29, 0.717) is 19.3 Å². The molecule has 0 aliphatic carbocycles. The van der Waals surface area contributed by atoms with Crippen molar-refractivity contribution in [3.63, 3.8) is 0 Å². The van der Waals surface area contributed by atoms with Gasteiger partial charge in [0, 0.05) is 19.3 Å². The Labute approximate surface area is 400 Å². The predicted molar refractivity (Wildman–Crippen MR) is 279 cm³/mol. The van der Waals surface area contributed by atoms with E-state index >= 15 is 0 Å². The van der Waals surface area contributed by atoms with Crippen LogP contribution in [0, 0.1) is 0 Å². The molecule has 0 amide bonds. The van der Waals surface area contributed by atoms with Crippen LogP contribution in [0.15, 0.2) is 97.2 Å². The minimum absolute atomic E-state index is 0.102. The van der Waals surface area contributed by atoms with Gasteiger partial charge in [-0.15, -0.1) is 0 Å². The van der Waals surface area contributed by atoms with Crippen molar-refractivity contribution in [1.29, 1.82) is 0 Å². The highest BCUT2D eigenvalue weighted by atomic mass is 16.6. The monoisotopic (exact) mass is 903 g/mol. The van der Waals surface area contributed by atoms with Crippen LogP contribution in [0.5, 0.6) is 0 Å². The van der Waals surface area contributed by atoms with Crippen LogP contribution in [-0.4, -0.2) is 37.2 Å². The molecule has 6 heteroatoms. The van der Waals surface area contributed by atoms with Crippen LogP contribution in [0.1, 0.15) is 239 Å². The highest BCUT2D eigenvalue weighted by Crippen LogP contribution is 2.14. The van der Waals surface area contributed by atoms with Crippen LogP contribution in [0.2, 0.25) is 0 Å². The summed E-state index contributed by atoms with van der Waals surface area (Å²) < 4.78 is 16.7. The maximum Gasteiger partial charge on any atom is 0.306 e. The molecule has 370 valence electrons. The van der Waals surface area contributed by atoms with Crippen LogP contribution in [0.3, 0.4) is 0 Å². The van der Waals surface area contributed by atoms with Crippen LogP contribution in [-0.2, 0) is 28.6 Å². The molecule has 0 heterocycles. The van der Waals surface area contributed by atoms with Gasteiger partial charge >= 0.3 is 17.9 Å². The van der Waals surface area contributed by atoms with Crippen molar-refractivity contribution in [2.45, 2.75) is 245 Å². The molecule has 0 saturated carbocycles. The summed E-state index contributed by atoms with van der Waals surface area (Å²) in [5.41, 5.74) is 0. The molecule has 0 rings (SSSR count). The zero-order valence-corrected chi connectivity index (χ0v) is 42.2. The number of carbonyl (C=O) groups excluding carboxylic acids is 3. The van der Waals surface area contributed by atoms with E-state index in [9.17, 15) is 14.4 Å². The Morgan fingerprint density at radius 3 is 1.06 bits per heavy atom. The van der Waals surface area contributed by atoms with Crippen molar-refractivity contribution in [2.24, 2.45) is 0 Å². The Hall–Kier alpha value is -3.67. The van der Waals surface area contributed by atoms with Gasteiger partial charge in [-0.05, 0) is 109 Å². The highest BCUT2D eigenvalue weighted by Gasteiger charge is 2.19. The lowest BCUT2D eigenvalue weighted by molar-refractivity contribution is -0.167. The number of unbranched alkanes of at least 4 members (excludes halogenated alkanes) is 20. The summed E-state index contributed by atoms with van der Waals surface area (Å²) in [7, 11) is 0. The first kappa shape index (κ1) is 61.3. The second kappa shape index (κ2) is 52.9. The van der Waals surface area contributed by atoms with Gasteiger partial charge in [0.05, 0.1) is 0 Å². The van der Waals surface area contributed by atoms with Crippen molar-refractivity contribution in [3.05, 3.63) is 97.2 Å². The average molecular weight is 903 g/mol. The number of carbonyl (C=O) groups is 3. The average Bonchev–Trinajstić information content (AvgIpc) is 3.30. The molecule has 0 unspecified atom stereocenters. The summed E-state index contributed by atoms with van der Waals surface area (Å²) >= 11 is 0. The topological polar surface area (TPSA) is 78.9 Å². The number of allylic oxidation sites excluding steroid dienone is 16. The van der Waals surface area contributed by atoms with Gasteiger partial charge in [0.15, 0.2) is 6.10 Å². The van der Waals surface area contributed by atoms with Crippen molar-refractivity contribution >= 4 is 17.9 Å². The first-order chi connectivity index (χ1) is 32.0. The van der Waals surface area contributed by atoms with E-state index in [1.807, 2.05) is 0 Å². The maximum atomic E-state index is 12.8. The minimum atomic E-state index is -0.806. The molecule has 0 saturated heterocycles. The molecule has 0 aromatic carbocycles. The summed E-state index contributed by atoms with van der Waals surface area (Å²) in [4.78, 5) is 38.0. The molecule has 1 atom stereocenters. The molecule has 0 spiro atoms. The van der Waals surface area contributed by atoms with Crippen LogP contribution < -0.4 is 0 Å². The summed E-state index contributed by atoms with van der Waals surface area (Å²) in [5.74, 6) is -0.978. The van der Waals surface area contributed by atoms with Crippen LogP contribution in [0.4, 0.5) is 0 Å². The Bertz CT molecular complexity index is 1310. The number of esters is 3. The van der Waals surface area contributed by atoms with Crippen LogP contribution in [0.25, 0.3) is 0 Å². The molecule has 0 bridgehead atoms. The first-order valence-corrected chi connectivity index (χ1v) is 26.7.